The van der Waals surface area contributed by atoms with Crippen LogP contribution in [-0.2, 0) is 6.61 Å². The number of ether oxygens (including phenoxy) is 2. The highest BCUT2D eigenvalue weighted by atomic mass is 32.1. The molecule has 0 N–H and O–H groups in total. The second kappa shape index (κ2) is 5.57. The highest BCUT2D eigenvalue weighted by Crippen LogP contribution is 2.26. The van der Waals surface area contributed by atoms with E-state index in [1.165, 1.54) is 6.92 Å². The minimum atomic E-state index is -0.0431. The molecule has 0 amide bonds. The van der Waals surface area contributed by atoms with Crippen LogP contribution in [0, 0.1) is 0 Å². The molecule has 0 aliphatic heterocycles. The molecular formula is C15H14N2O3S. The minimum Gasteiger partial charge on any atom is -0.497 e. The Morgan fingerprint density at radius 1 is 1.43 bits per heavy atom. The van der Waals surface area contributed by atoms with E-state index in [4.69, 9.17) is 9.47 Å². The highest BCUT2D eigenvalue weighted by Gasteiger charge is 2.11. The molecule has 0 bridgehead atoms. The zero-order valence-electron chi connectivity index (χ0n) is 11.7. The molecule has 0 saturated heterocycles. The van der Waals surface area contributed by atoms with Crippen LogP contribution >= 0.6 is 11.3 Å². The molecule has 21 heavy (non-hydrogen) atoms. The molecule has 0 aliphatic carbocycles. The van der Waals surface area contributed by atoms with Gasteiger partial charge >= 0.3 is 0 Å². The molecular weight excluding hydrogens is 288 g/mol. The standard InChI is InChI=1S/C15H14N2O3S/c1-10(18)13-4-3-12(19-2)7-14(13)20-9-11-8-17-5-6-21-15(17)16-11/h3-8H,9H2,1-2H3. The molecule has 0 atom stereocenters. The van der Waals surface area contributed by atoms with E-state index < -0.39 is 0 Å². The number of imidazole rings is 1. The Morgan fingerprint density at radius 2 is 2.29 bits per heavy atom. The maximum atomic E-state index is 11.6. The minimum absolute atomic E-state index is 0.0431. The van der Waals surface area contributed by atoms with E-state index in [-0.39, 0.29) is 5.78 Å². The highest BCUT2D eigenvalue weighted by molar-refractivity contribution is 7.15. The molecule has 0 saturated carbocycles. The van der Waals surface area contributed by atoms with Crippen molar-refractivity contribution in [1.82, 2.24) is 9.38 Å². The first-order valence-electron chi connectivity index (χ1n) is 6.40. The van der Waals surface area contributed by atoms with Gasteiger partial charge < -0.3 is 9.47 Å². The van der Waals surface area contributed by atoms with Gasteiger partial charge in [-0.05, 0) is 19.1 Å². The summed E-state index contributed by atoms with van der Waals surface area (Å²) >= 11 is 1.57. The van der Waals surface area contributed by atoms with Crippen molar-refractivity contribution in [1.29, 1.82) is 0 Å². The van der Waals surface area contributed by atoms with Gasteiger partial charge in [0.1, 0.15) is 18.1 Å². The van der Waals surface area contributed by atoms with Gasteiger partial charge in [0.25, 0.3) is 0 Å². The number of ketones is 1. The fraction of sp³-hybridized carbons (Fsp3) is 0.200. The Kier molecular flexibility index (Phi) is 3.62. The lowest BCUT2D eigenvalue weighted by Gasteiger charge is -2.10. The quantitative estimate of drug-likeness (QED) is 0.679. The van der Waals surface area contributed by atoms with E-state index in [9.17, 15) is 4.79 Å². The molecule has 3 aromatic rings. The lowest BCUT2D eigenvalue weighted by Crippen LogP contribution is -2.02. The van der Waals surface area contributed by atoms with Crippen molar-refractivity contribution in [2.45, 2.75) is 13.5 Å². The zero-order chi connectivity index (χ0) is 14.8. The summed E-state index contributed by atoms with van der Waals surface area (Å²) in [6.07, 6.45) is 3.86. The first-order valence-corrected chi connectivity index (χ1v) is 7.28. The van der Waals surface area contributed by atoms with Crippen LogP contribution in [0.15, 0.2) is 36.0 Å². The molecule has 5 nitrogen and oxygen atoms in total. The molecule has 2 heterocycles. The lowest BCUT2D eigenvalue weighted by molar-refractivity contribution is 0.101. The Morgan fingerprint density at radius 3 is 3.00 bits per heavy atom. The van der Waals surface area contributed by atoms with Gasteiger partial charge in [0.2, 0.25) is 0 Å². The lowest BCUT2D eigenvalue weighted by atomic mass is 10.1. The summed E-state index contributed by atoms with van der Waals surface area (Å²) in [4.78, 5) is 17.0. The number of thiazole rings is 1. The third-order valence-electron chi connectivity index (χ3n) is 3.09. The molecule has 1 aromatic carbocycles. The smallest absolute Gasteiger partial charge is 0.193 e. The third kappa shape index (κ3) is 2.75. The molecule has 6 heteroatoms. The number of hydrogen-bond acceptors (Lipinski definition) is 5. The number of carbonyl (C=O) groups is 1. The fourth-order valence-electron chi connectivity index (χ4n) is 2.04. The van der Waals surface area contributed by atoms with Crippen molar-refractivity contribution in [3.8, 4) is 11.5 Å². The SMILES string of the molecule is COc1ccc(C(C)=O)c(OCc2cn3ccsc3n2)c1. The molecule has 0 fully saturated rings. The second-order valence-electron chi connectivity index (χ2n) is 4.53. The molecule has 0 aliphatic rings. The van der Waals surface area contributed by atoms with Crippen LogP contribution in [0.25, 0.3) is 4.96 Å². The average molecular weight is 302 g/mol. The molecule has 0 spiro atoms. The number of methoxy groups -OCH3 is 1. The van der Waals surface area contributed by atoms with Crippen LogP contribution in [0.4, 0.5) is 0 Å². The summed E-state index contributed by atoms with van der Waals surface area (Å²) in [6.45, 7) is 1.82. The zero-order valence-corrected chi connectivity index (χ0v) is 12.5. The number of nitrogens with zero attached hydrogens (tertiary/aromatic N) is 2. The van der Waals surface area contributed by atoms with Crippen molar-refractivity contribution in [2.24, 2.45) is 0 Å². The fourth-order valence-corrected chi connectivity index (χ4v) is 2.76. The molecule has 3 rings (SSSR count). The van der Waals surface area contributed by atoms with Gasteiger partial charge in [-0.15, -0.1) is 11.3 Å². The third-order valence-corrected chi connectivity index (χ3v) is 3.86. The summed E-state index contributed by atoms with van der Waals surface area (Å²) < 4.78 is 12.9. The molecule has 0 radical (unpaired) electrons. The van der Waals surface area contributed by atoms with E-state index >= 15 is 0 Å². The van der Waals surface area contributed by atoms with Gasteiger partial charge in [-0.3, -0.25) is 9.20 Å². The number of hydrogen-bond donors (Lipinski definition) is 0. The van der Waals surface area contributed by atoms with Crippen molar-refractivity contribution < 1.29 is 14.3 Å². The predicted octanol–water partition coefficient (Wildman–Crippen LogP) is 3.19. The van der Waals surface area contributed by atoms with Crippen molar-refractivity contribution in [2.75, 3.05) is 7.11 Å². The number of Topliss-reactive ketones (excluding diaryl/α,β-unsaturated/α-hetero) is 1. The Balaban J connectivity index is 1.83. The Labute approximate surface area is 125 Å². The van der Waals surface area contributed by atoms with Gasteiger partial charge in [-0.1, -0.05) is 0 Å². The average Bonchev–Trinajstić information content (AvgIpc) is 3.05. The van der Waals surface area contributed by atoms with E-state index in [2.05, 4.69) is 4.98 Å². The van der Waals surface area contributed by atoms with Crippen molar-refractivity contribution >= 4 is 22.1 Å². The van der Waals surface area contributed by atoms with E-state index in [0.717, 1.165) is 10.7 Å². The van der Waals surface area contributed by atoms with Crippen LogP contribution in [0.2, 0.25) is 0 Å². The summed E-state index contributed by atoms with van der Waals surface area (Å²) in [5.74, 6) is 1.12. The maximum absolute atomic E-state index is 11.6. The van der Waals surface area contributed by atoms with Gasteiger partial charge in [-0.2, -0.15) is 0 Å². The van der Waals surface area contributed by atoms with E-state index in [1.807, 2.05) is 22.2 Å². The topological polar surface area (TPSA) is 52.8 Å². The maximum Gasteiger partial charge on any atom is 0.193 e. The predicted molar refractivity (Wildman–Crippen MR) is 80.4 cm³/mol. The first-order chi connectivity index (χ1) is 10.2. The van der Waals surface area contributed by atoms with E-state index in [0.29, 0.717) is 23.7 Å². The summed E-state index contributed by atoms with van der Waals surface area (Å²) in [5, 5.41) is 1.98. The van der Waals surface area contributed by atoms with Gasteiger partial charge in [0.05, 0.1) is 18.4 Å². The Hall–Kier alpha value is -2.34. The summed E-state index contributed by atoms with van der Waals surface area (Å²) in [6, 6.07) is 5.17. The molecule has 2 aromatic heterocycles. The van der Waals surface area contributed by atoms with E-state index in [1.54, 1.807) is 36.6 Å². The van der Waals surface area contributed by atoms with Crippen molar-refractivity contribution in [3.63, 3.8) is 0 Å². The summed E-state index contributed by atoms with van der Waals surface area (Å²) in [7, 11) is 1.58. The van der Waals surface area contributed by atoms with Crippen LogP contribution in [0.3, 0.4) is 0 Å². The number of aromatic nitrogens is 2. The monoisotopic (exact) mass is 302 g/mol. The number of rotatable bonds is 5. The van der Waals surface area contributed by atoms with Crippen LogP contribution in [0.1, 0.15) is 23.0 Å². The number of fused-ring (bicyclic) bond motifs is 1. The summed E-state index contributed by atoms with van der Waals surface area (Å²) in [5.41, 5.74) is 1.36. The Bertz CT molecular complexity index is 763. The number of carbonyl (C=O) groups excluding carboxylic acids is 1. The van der Waals surface area contributed by atoms with Gasteiger partial charge in [-0.25, -0.2) is 4.98 Å². The normalized spacial score (nSPS) is 10.8. The van der Waals surface area contributed by atoms with Crippen LogP contribution < -0.4 is 9.47 Å². The largest absolute Gasteiger partial charge is 0.497 e. The van der Waals surface area contributed by atoms with Gasteiger partial charge in [0, 0.05) is 23.8 Å². The molecule has 108 valence electrons. The second-order valence-corrected chi connectivity index (χ2v) is 5.41. The molecule has 0 unspecified atom stereocenters. The van der Waals surface area contributed by atoms with Crippen molar-refractivity contribution in [3.05, 3.63) is 47.2 Å². The number of benzene rings is 1. The van der Waals surface area contributed by atoms with Crippen LogP contribution in [-0.4, -0.2) is 22.3 Å². The van der Waals surface area contributed by atoms with Crippen LogP contribution in [0.5, 0.6) is 11.5 Å². The first kappa shape index (κ1) is 13.6. The van der Waals surface area contributed by atoms with Gasteiger partial charge in [0.15, 0.2) is 10.7 Å².